The van der Waals surface area contributed by atoms with E-state index < -0.39 is 0 Å². The molecule has 0 amide bonds. The van der Waals surface area contributed by atoms with E-state index in [4.69, 9.17) is 10.00 Å². The van der Waals surface area contributed by atoms with Crippen LogP contribution in [0.1, 0.15) is 12.8 Å². The minimum atomic E-state index is 0.267. The smallest absolute Gasteiger partial charge is 0.176 e. The van der Waals surface area contributed by atoms with Gasteiger partial charge in [-0.1, -0.05) is 0 Å². The lowest BCUT2D eigenvalue weighted by atomic mass is 10.1. The average molecular weight is 126 g/mol. The first-order chi connectivity index (χ1) is 4.43. The Morgan fingerprint density at radius 1 is 1.67 bits per heavy atom. The minimum Gasteiger partial charge on any atom is -0.379 e. The summed E-state index contributed by atoms with van der Waals surface area (Å²) in [7, 11) is 0. The number of nitrogens with zero attached hydrogens (tertiary/aromatic N) is 1. The topological polar surface area (TPSA) is 45.0 Å². The van der Waals surface area contributed by atoms with E-state index in [9.17, 15) is 0 Å². The van der Waals surface area contributed by atoms with Crippen LogP contribution < -0.4 is 5.32 Å². The van der Waals surface area contributed by atoms with Gasteiger partial charge in [-0.2, -0.15) is 5.26 Å². The molecular weight excluding hydrogens is 116 g/mol. The Morgan fingerprint density at radius 3 is 3.11 bits per heavy atom. The van der Waals surface area contributed by atoms with E-state index in [2.05, 4.69) is 5.32 Å². The van der Waals surface area contributed by atoms with E-state index in [1.807, 2.05) is 6.19 Å². The lowest BCUT2D eigenvalue weighted by molar-refractivity contribution is 0.0754. The van der Waals surface area contributed by atoms with Gasteiger partial charge in [0.15, 0.2) is 6.19 Å². The average Bonchev–Trinajstić information content (AvgIpc) is 1.91. The van der Waals surface area contributed by atoms with Crippen molar-refractivity contribution in [1.29, 1.82) is 5.26 Å². The fourth-order valence-electron chi connectivity index (χ4n) is 0.946. The van der Waals surface area contributed by atoms with E-state index in [0.29, 0.717) is 6.61 Å². The van der Waals surface area contributed by atoms with Gasteiger partial charge in [0.05, 0.1) is 12.6 Å². The van der Waals surface area contributed by atoms with Crippen LogP contribution in [0.4, 0.5) is 0 Å². The molecule has 3 nitrogen and oxygen atoms in total. The van der Waals surface area contributed by atoms with E-state index >= 15 is 0 Å². The quantitative estimate of drug-likeness (QED) is 0.404. The molecule has 0 saturated carbocycles. The van der Waals surface area contributed by atoms with Gasteiger partial charge in [0.25, 0.3) is 0 Å². The van der Waals surface area contributed by atoms with Crippen molar-refractivity contribution >= 4 is 0 Å². The molecule has 0 radical (unpaired) electrons. The second-order valence-electron chi connectivity index (χ2n) is 2.17. The number of ether oxygens (including phenoxy) is 1. The maximum Gasteiger partial charge on any atom is 0.176 e. The summed E-state index contributed by atoms with van der Waals surface area (Å²) in [5.41, 5.74) is 0. The molecule has 1 aliphatic heterocycles. The molecule has 0 aromatic rings. The lowest BCUT2D eigenvalue weighted by Gasteiger charge is -2.19. The Labute approximate surface area is 54.6 Å². The molecule has 1 rings (SSSR count). The molecular formula is C6H10N2O. The van der Waals surface area contributed by atoms with Crippen LogP contribution in [0.2, 0.25) is 0 Å². The standard InChI is InChI=1S/C6H10N2O/c7-5-8-6-2-1-3-9-4-6/h6,8H,1-4H2. The molecule has 50 valence electrons. The van der Waals surface area contributed by atoms with Gasteiger partial charge in [-0.05, 0) is 12.8 Å². The van der Waals surface area contributed by atoms with Crippen molar-refractivity contribution in [3.63, 3.8) is 0 Å². The predicted molar refractivity (Wildman–Crippen MR) is 32.6 cm³/mol. The monoisotopic (exact) mass is 126 g/mol. The highest BCUT2D eigenvalue weighted by Gasteiger charge is 2.11. The van der Waals surface area contributed by atoms with Crippen molar-refractivity contribution in [3.8, 4) is 6.19 Å². The highest BCUT2D eigenvalue weighted by Crippen LogP contribution is 2.04. The van der Waals surface area contributed by atoms with Crippen LogP contribution in [0.25, 0.3) is 0 Å². The summed E-state index contributed by atoms with van der Waals surface area (Å²) >= 11 is 0. The summed E-state index contributed by atoms with van der Waals surface area (Å²) in [6.07, 6.45) is 4.04. The third kappa shape index (κ3) is 1.90. The zero-order chi connectivity index (χ0) is 6.53. The molecule has 1 saturated heterocycles. The first kappa shape index (κ1) is 6.37. The largest absolute Gasteiger partial charge is 0.379 e. The van der Waals surface area contributed by atoms with Gasteiger partial charge in [-0.25, -0.2) is 0 Å². The zero-order valence-electron chi connectivity index (χ0n) is 5.26. The Kier molecular flexibility index (Phi) is 2.34. The predicted octanol–water partition coefficient (Wildman–Crippen LogP) is 0.236. The van der Waals surface area contributed by atoms with Crippen molar-refractivity contribution in [3.05, 3.63) is 0 Å². The summed E-state index contributed by atoms with van der Waals surface area (Å²) < 4.78 is 5.12. The van der Waals surface area contributed by atoms with Gasteiger partial charge in [-0.15, -0.1) is 0 Å². The highest BCUT2D eigenvalue weighted by molar-refractivity contribution is 4.77. The number of rotatable bonds is 1. The maximum atomic E-state index is 8.20. The Morgan fingerprint density at radius 2 is 2.56 bits per heavy atom. The van der Waals surface area contributed by atoms with Crippen molar-refractivity contribution in [1.82, 2.24) is 5.32 Å². The number of hydrogen-bond acceptors (Lipinski definition) is 3. The SMILES string of the molecule is N#CNC1CCCOC1. The molecule has 1 atom stereocenters. The van der Waals surface area contributed by atoms with Gasteiger partial charge in [0.1, 0.15) is 0 Å². The van der Waals surface area contributed by atoms with E-state index in [1.165, 1.54) is 0 Å². The van der Waals surface area contributed by atoms with Gasteiger partial charge in [-0.3, -0.25) is 0 Å². The van der Waals surface area contributed by atoms with Crippen molar-refractivity contribution in [2.75, 3.05) is 13.2 Å². The molecule has 1 heterocycles. The molecule has 1 N–H and O–H groups in total. The van der Waals surface area contributed by atoms with E-state index in [0.717, 1.165) is 19.4 Å². The van der Waals surface area contributed by atoms with Crippen molar-refractivity contribution < 1.29 is 4.74 Å². The molecule has 0 aromatic heterocycles. The Balaban J connectivity index is 2.17. The van der Waals surface area contributed by atoms with Crippen LogP contribution in [-0.2, 0) is 4.74 Å². The van der Waals surface area contributed by atoms with Crippen LogP contribution in [-0.4, -0.2) is 19.3 Å². The Bertz CT molecular complexity index is 113. The van der Waals surface area contributed by atoms with Crippen molar-refractivity contribution in [2.45, 2.75) is 18.9 Å². The lowest BCUT2D eigenvalue weighted by Crippen LogP contribution is -2.33. The molecule has 3 heteroatoms. The van der Waals surface area contributed by atoms with Crippen molar-refractivity contribution in [2.24, 2.45) is 0 Å². The third-order valence-electron chi connectivity index (χ3n) is 1.43. The molecule has 9 heavy (non-hydrogen) atoms. The summed E-state index contributed by atoms with van der Waals surface area (Å²) in [6.45, 7) is 1.54. The van der Waals surface area contributed by atoms with Gasteiger partial charge < -0.3 is 10.1 Å². The van der Waals surface area contributed by atoms with Gasteiger partial charge >= 0.3 is 0 Å². The molecule has 1 fully saturated rings. The second kappa shape index (κ2) is 3.31. The molecule has 0 aliphatic carbocycles. The number of hydrogen-bond donors (Lipinski definition) is 1. The first-order valence-corrected chi connectivity index (χ1v) is 3.16. The van der Waals surface area contributed by atoms with Crippen LogP contribution in [0, 0.1) is 11.5 Å². The highest BCUT2D eigenvalue weighted by atomic mass is 16.5. The normalized spacial score (nSPS) is 26.8. The maximum absolute atomic E-state index is 8.20. The second-order valence-corrected chi connectivity index (χ2v) is 2.17. The summed E-state index contributed by atoms with van der Waals surface area (Å²) in [4.78, 5) is 0. The van der Waals surface area contributed by atoms with Crippen LogP contribution in [0.5, 0.6) is 0 Å². The Hall–Kier alpha value is -0.750. The molecule has 0 aromatic carbocycles. The van der Waals surface area contributed by atoms with E-state index in [1.54, 1.807) is 0 Å². The summed E-state index contributed by atoms with van der Waals surface area (Å²) in [5.74, 6) is 0. The number of nitriles is 1. The van der Waals surface area contributed by atoms with Crippen LogP contribution >= 0.6 is 0 Å². The number of nitrogens with one attached hydrogen (secondary N) is 1. The fraction of sp³-hybridized carbons (Fsp3) is 0.833. The van der Waals surface area contributed by atoms with E-state index in [-0.39, 0.29) is 6.04 Å². The molecule has 0 spiro atoms. The first-order valence-electron chi connectivity index (χ1n) is 3.16. The van der Waals surface area contributed by atoms with Gasteiger partial charge in [0.2, 0.25) is 0 Å². The van der Waals surface area contributed by atoms with Crippen LogP contribution in [0.3, 0.4) is 0 Å². The van der Waals surface area contributed by atoms with Gasteiger partial charge in [0, 0.05) is 6.61 Å². The molecule has 1 unspecified atom stereocenters. The minimum absolute atomic E-state index is 0.267. The fourth-order valence-corrected chi connectivity index (χ4v) is 0.946. The zero-order valence-corrected chi connectivity index (χ0v) is 5.26. The molecule has 0 bridgehead atoms. The summed E-state index contributed by atoms with van der Waals surface area (Å²) in [5, 5.41) is 10.9. The summed E-state index contributed by atoms with van der Waals surface area (Å²) in [6, 6.07) is 0.267. The molecule has 1 aliphatic rings. The third-order valence-corrected chi connectivity index (χ3v) is 1.43. The van der Waals surface area contributed by atoms with Crippen LogP contribution in [0.15, 0.2) is 0 Å².